The molecule has 0 bridgehead atoms. The van der Waals surface area contributed by atoms with Gasteiger partial charge in [0.15, 0.2) is 5.56 Å². The van der Waals surface area contributed by atoms with Crippen LogP contribution in [0, 0.1) is 0 Å². The molecule has 0 spiro atoms. The molecule has 28 heavy (non-hydrogen) atoms. The van der Waals surface area contributed by atoms with Gasteiger partial charge in [0.1, 0.15) is 30.3 Å². The molecule has 5 nitrogen and oxygen atoms in total. The first-order valence-corrected chi connectivity index (χ1v) is 9.67. The minimum absolute atomic E-state index is 0.187. The monoisotopic (exact) mass is 408 g/mol. The summed E-state index contributed by atoms with van der Waals surface area (Å²) in [5, 5.41) is 19.1. The van der Waals surface area contributed by atoms with Gasteiger partial charge in [-0.1, -0.05) is 49.7 Å². The number of hydrogen-bond acceptors (Lipinski definition) is 5. The molecule has 2 aromatic rings. The Bertz CT molecular complexity index is 713. The zero-order chi connectivity index (χ0) is 20.7. The minimum Gasteiger partial charge on any atom is -0.491 e. The van der Waals surface area contributed by atoms with E-state index in [4.69, 9.17) is 25.8 Å². The molecule has 3 unspecified atom stereocenters. The van der Waals surface area contributed by atoms with Crippen LogP contribution >= 0.6 is 11.6 Å². The number of ether oxygens (including phenoxy) is 3. The van der Waals surface area contributed by atoms with Crippen molar-refractivity contribution in [2.24, 2.45) is 0 Å². The second-order valence-corrected chi connectivity index (χ2v) is 7.73. The van der Waals surface area contributed by atoms with Crippen molar-refractivity contribution in [1.82, 2.24) is 0 Å². The Hall–Kier alpha value is -1.79. The molecule has 0 saturated heterocycles. The molecule has 0 amide bonds. The second-order valence-electron chi connectivity index (χ2n) is 7.30. The molecule has 0 aliphatic carbocycles. The lowest BCUT2D eigenvalue weighted by atomic mass is 9.78. The van der Waals surface area contributed by atoms with Gasteiger partial charge >= 0.3 is 0 Å². The van der Waals surface area contributed by atoms with E-state index in [9.17, 15) is 10.2 Å². The van der Waals surface area contributed by atoms with Crippen molar-refractivity contribution >= 4 is 11.6 Å². The average Bonchev–Trinajstić information content (AvgIpc) is 2.67. The maximum atomic E-state index is 9.67. The van der Waals surface area contributed by atoms with E-state index >= 15 is 0 Å². The lowest BCUT2D eigenvalue weighted by Gasteiger charge is -2.27. The third kappa shape index (κ3) is 6.11. The number of alkyl halides is 1. The third-order valence-electron chi connectivity index (χ3n) is 4.58. The van der Waals surface area contributed by atoms with Gasteiger partial charge < -0.3 is 24.4 Å². The molecule has 2 aromatic carbocycles. The maximum absolute atomic E-state index is 9.67. The largest absolute Gasteiger partial charge is 0.491 e. The van der Waals surface area contributed by atoms with Crippen molar-refractivity contribution < 1.29 is 24.4 Å². The lowest BCUT2D eigenvalue weighted by molar-refractivity contribution is 0.0325. The Labute approximate surface area is 171 Å². The molecule has 0 saturated carbocycles. The van der Waals surface area contributed by atoms with Crippen molar-refractivity contribution in [2.75, 3.05) is 20.3 Å². The van der Waals surface area contributed by atoms with E-state index < -0.39 is 17.8 Å². The molecule has 154 valence electrons. The Morgan fingerprint density at radius 2 is 1.39 bits per heavy atom. The molecule has 0 aliphatic rings. The first-order chi connectivity index (χ1) is 13.2. The van der Waals surface area contributed by atoms with Crippen LogP contribution in [0.2, 0.25) is 0 Å². The van der Waals surface area contributed by atoms with Crippen LogP contribution in [-0.4, -0.2) is 48.3 Å². The summed E-state index contributed by atoms with van der Waals surface area (Å²) in [6, 6.07) is 15.5. The summed E-state index contributed by atoms with van der Waals surface area (Å²) in [6.45, 7) is 6.29. The summed E-state index contributed by atoms with van der Waals surface area (Å²) in [4.78, 5) is 0. The Morgan fingerprint density at radius 3 is 1.86 bits per heavy atom. The number of hydrogen-bond donors (Lipinski definition) is 2. The van der Waals surface area contributed by atoms with Crippen molar-refractivity contribution in [3.63, 3.8) is 0 Å². The number of benzene rings is 2. The first-order valence-electron chi connectivity index (χ1n) is 9.23. The van der Waals surface area contributed by atoms with E-state index in [0.717, 1.165) is 11.1 Å². The fourth-order valence-corrected chi connectivity index (χ4v) is 2.85. The predicted octanol–water partition coefficient (Wildman–Crippen LogP) is 3.72. The summed E-state index contributed by atoms with van der Waals surface area (Å²) in [6.07, 6.45) is -1.41. The maximum Gasteiger partial charge on any atom is 0.197 e. The fourth-order valence-electron chi connectivity index (χ4n) is 2.75. The van der Waals surface area contributed by atoms with E-state index in [1.165, 1.54) is 0 Å². The van der Waals surface area contributed by atoms with Crippen LogP contribution in [0.4, 0.5) is 0 Å². The first kappa shape index (κ1) is 22.5. The molecule has 0 fully saturated rings. The third-order valence-corrected chi connectivity index (χ3v) is 5.04. The van der Waals surface area contributed by atoms with Crippen molar-refractivity contribution in [1.29, 1.82) is 0 Å². The number of halogens is 1. The van der Waals surface area contributed by atoms with Crippen LogP contribution < -0.4 is 9.47 Å². The summed E-state index contributed by atoms with van der Waals surface area (Å²) < 4.78 is 16.0. The number of methoxy groups -OCH3 is 1. The van der Waals surface area contributed by atoms with Crippen molar-refractivity contribution in [2.45, 2.75) is 44.0 Å². The van der Waals surface area contributed by atoms with Gasteiger partial charge in [0.05, 0.1) is 6.61 Å². The molecular weight excluding hydrogens is 380 g/mol. The second kappa shape index (κ2) is 10.1. The van der Waals surface area contributed by atoms with E-state index in [1.807, 2.05) is 48.5 Å². The molecule has 0 radical (unpaired) electrons. The van der Waals surface area contributed by atoms with Crippen LogP contribution in [-0.2, 0) is 10.2 Å². The summed E-state index contributed by atoms with van der Waals surface area (Å²) in [5.74, 6) is 1.31. The van der Waals surface area contributed by atoms with Crippen LogP contribution in [0.25, 0.3) is 0 Å². The van der Waals surface area contributed by atoms with Gasteiger partial charge in [-0.25, -0.2) is 0 Å². The number of rotatable bonds is 10. The highest BCUT2D eigenvalue weighted by molar-refractivity contribution is 6.20. The van der Waals surface area contributed by atoms with Gasteiger partial charge in [-0.2, -0.15) is 0 Å². The van der Waals surface area contributed by atoms with E-state index in [2.05, 4.69) is 13.8 Å². The lowest BCUT2D eigenvalue weighted by Crippen LogP contribution is -2.23. The molecular formula is C22H29ClO5. The SMILES string of the molecule is COCC(O)COc1ccc(C(C)(C)c2ccc(OC(Cl)C(C)O)cc2)cc1. The summed E-state index contributed by atoms with van der Waals surface area (Å²) in [5.41, 5.74) is 1.24. The van der Waals surface area contributed by atoms with Gasteiger partial charge in [0.2, 0.25) is 0 Å². The number of aliphatic hydroxyl groups is 2. The van der Waals surface area contributed by atoms with E-state index in [-0.39, 0.29) is 18.6 Å². The summed E-state index contributed by atoms with van der Waals surface area (Å²) >= 11 is 5.95. The average molecular weight is 409 g/mol. The predicted molar refractivity (Wildman–Crippen MR) is 110 cm³/mol. The highest BCUT2D eigenvalue weighted by atomic mass is 35.5. The zero-order valence-corrected chi connectivity index (χ0v) is 17.5. The molecule has 0 aromatic heterocycles. The topological polar surface area (TPSA) is 68.2 Å². The van der Waals surface area contributed by atoms with Gasteiger partial charge in [-0.05, 0) is 42.3 Å². The van der Waals surface area contributed by atoms with Crippen LogP contribution in [0.5, 0.6) is 11.5 Å². The Balaban J connectivity index is 2.05. The molecule has 3 atom stereocenters. The van der Waals surface area contributed by atoms with Crippen molar-refractivity contribution in [3.8, 4) is 11.5 Å². The fraction of sp³-hybridized carbons (Fsp3) is 0.455. The molecule has 0 aliphatic heterocycles. The van der Waals surface area contributed by atoms with E-state index in [1.54, 1.807) is 14.0 Å². The normalized spacial score (nSPS) is 15.0. The van der Waals surface area contributed by atoms with E-state index in [0.29, 0.717) is 11.5 Å². The summed E-state index contributed by atoms with van der Waals surface area (Å²) in [7, 11) is 1.54. The van der Waals surface area contributed by atoms with Gasteiger partial charge in [-0.3, -0.25) is 0 Å². The zero-order valence-electron chi connectivity index (χ0n) is 16.8. The Morgan fingerprint density at radius 1 is 0.893 bits per heavy atom. The Kier molecular flexibility index (Phi) is 8.13. The minimum atomic E-state index is -0.784. The highest BCUT2D eigenvalue weighted by Gasteiger charge is 2.23. The van der Waals surface area contributed by atoms with Gasteiger partial charge in [0.25, 0.3) is 0 Å². The van der Waals surface area contributed by atoms with Crippen LogP contribution in [0.1, 0.15) is 31.9 Å². The van der Waals surface area contributed by atoms with Gasteiger partial charge in [-0.15, -0.1) is 0 Å². The molecule has 2 N–H and O–H groups in total. The highest BCUT2D eigenvalue weighted by Crippen LogP contribution is 2.33. The molecule has 0 heterocycles. The quantitative estimate of drug-likeness (QED) is 0.586. The molecule has 6 heteroatoms. The van der Waals surface area contributed by atoms with Crippen molar-refractivity contribution in [3.05, 3.63) is 59.7 Å². The molecule has 2 rings (SSSR count). The van der Waals surface area contributed by atoms with Gasteiger partial charge in [0, 0.05) is 12.5 Å². The van der Waals surface area contributed by atoms with Crippen LogP contribution in [0.15, 0.2) is 48.5 Å². The smallest absolute Gasteiger partial charge is 0.197 e. The van der Waals surface area contributed by atoms with Crippen LogP contribution in [0.3, 0.4) is 0 Å². The number of aliphatic hydroxyl groups excluding tert-OH is 2. The standard InChI is InChI=1S/C22H29ClO5/c1-15(24)21(23)28-20-11-7-17(8-12-20)22(2,3)16-5-9-19(10-6-16)27-14-18(25)13-26-4/h5-12,15,18,21,24-25H,13-14H2,1-4H3.